The average Bonchev–Trinajstić information content (AvgIpc) is 3.07. The summed E-state index contributed by atoms with van der Waals surface area (Å²) >= 11 is 0. The number of carbonyl (C=O) groups is 4. The SMILES string of the molecule is CCC(C)/C=N\NC(=O)NCCc1ccc(OCC(=O)O)cc1.CCNC(=O)COc1ccc(CCNC(=O)N/N=C\C(C)CC)cc1. The van der Waals surface area contributed by atoms with Gasteiger partial charge in [-0.1, -0.05) is 52.0 Å². The Balaban J connectivity index is 0.000000482. The Morgan fingerprint density at radius 2 is 1.10 bits per heavy atom. The number of amides is 5. The highest BCUT2D eigenvalue weighted by Gasteiger charge is 2.04. The van der Waals surface area contributed by atoms with E-state index in [9.17, 15) is 19.2 Å². The molecule has 264 valence electrons. The van der Waals surface area contributed by atoms with Crippen molar-refractivity contribution in [2.45, 2.75) is 60.3 Å². The fraction of sp³-hybridized carbons (Fsp3) is 0.471. The summed E-state index contributed by atoms with van der Waals surface area (Å²) in [6, 6.07) is 13.9. The summed E-state index contributed by atoms with van der Waals surface area (Å²) in [6.07, 6.45) is 6.73. The molecule has 0 heterocycles. The highest BCUT2D eigenvalue weighted by Crippen LogP contribution is 2.13. The molecule has 6 N–H and O–H groups in total. The minimum atomic E-state index is -1.01. The minimum Gasteiger partial charge on any atom is -0.484 e. The molecule has 2 atom stereocenters. The Labute approximate surface area is 283 Å². The molecule has 2 rings (SSSR count). The second kappa shape index (κ2) is 25.0. The van der Waals surface area contributed by atoms with Crippen molar-refractivity contribution in [1.82, 2.24) is 26.8 Å². The van der Waals surface area contributed by atoms with Crippen LogP contribution >= 0.6 is 0 Å². The lowest BCUT2D eigenvalue weighted by atomic mass is 10.1. The van der Waals surface area contributed by atoms with E-state index in [-0.39, 0.29) is 31.2 Å². The van der Waals surface area contributed by atoms with Crippen LogP contribution in [0, 0.1) is 11.8 Å². The number of hydrazone groups is 2. The van der Waals surface area contributed by atoms with Crippen LogP contribution in [0.1, 0.15) is 58.6 Å². The van der Waals surface area contributed by atoms with Gasteiger partial charge < -0.3 is 30.5 Å². The molecule has 0 saturated carbocycles. The predicted molar refractivity (Wildman–Crippen MR) is 187 cm³/mol. The fourth-order valence-corrected chi connectivity index (χ4v) is 3.42. The van der Waals surface area contributed by atoms with Crippen molar-refractivity contribution in [3.63, 3.8) is 0 Å². The molecule has 0 fully saturated rings. The molecule has 2 aromatic rings. The summed E-state index contributed by atoms with van der Waals surface area (Å²) in [4.78, 5) is 44.8. The molecule has 0 spiro atoms. The summed E-state index contributed by atoms with van der Waals surface area (Å²) in [7, 11) is 0. The topological polar surface area (TPSA) is 192 Å². The second-order valence-corrected chi connectivity index (χ2v) is 10.8. The van der Waals surface area contributed by atoms with E-state index in [0.717, 1.165) is 24.0 Å². The quantitative estimate of drug-likeness (QED) is 0.0958. The van der Waals surface area contributed by atoms with Crippen molar-refractivity contribution in [1.29, 1.82) is 0 Å². The number of nitrogens with one attached hydrogen (secondary N) is 5. The van der Waals surface area contributed by atoms with Gasteiger partial charge in [0.2, 0.25) is 0 Å². The molecule has 0 radical (unpaired) electrons. The Kier molecular flexibility index (Phi) is 21.3. The highest BCUT2D eigenvalue weighted by molar-refractivity contribution is 5.77. The number of carboxylic acid groups (broad SMARTS) is 1. The van der Waals surface area contributed by atoms with E-state index in [1.807, 2.05) is 57.2 Å². The number of hydrogen-bond donors (Lipinski definition) is 6. The zero-order valence-corrected chi connectivity index (χ0v) is 28.6. The number of urea groups is 2. The maximum absolute atomic E-state index is 11.6. The number of ether oxygens (including phenoxy) is 2. The van der Waals surface area contributed by atoms with Crippen LogP contribution in [0.3, 0.4) is 0 Å². The maximum atomic E-state index is 11.6. The number of likely N-dealkylation sites (N-methyl/N-ethyl adjacent to an activating group) is 1. The van der Waals surface area contributed by atoms with Crippen LogP contribution < -0.4 is 36.3 Å². The van der Waals surface area contributed by atoms with E-state index in [0.29, 0.717) is 55.8 Å². The van der Waals surface area contributed by atoms with Gasteiger partial charge >= 0.3 is 18.0 Å². The molecule has 0 saturated heterocycles. The van der Waals surface area contributed by atoms with Crippen LogP contribution in [0.4, 0.5) is 9.59 Å². The van der Waals surface area contributed by atoms with Crippen LogP contribution in [0.25, 0.3) is 0 Å². The Hall–Kier alpha value is -5.14. The van der Waals surface area contributed by atoms with E-state index < -0.39 is 5.97 Å². The molecule has 48 heavy (non-hydrogen) atoms. The van der Waals surface area contributed by atoms with E-state index in [1.54, 1.807) is 24.6 Å². The van der Waals surface area contributed by atoms with E-state index in [4.69, 9.17) is 14.6 Å². The molecule has 14 heteroatoms. The lowest BCUT2D eigenvalue weighted by Gasteiger charge is -2.08. The van der Waals surface area contributed by atoms with Crippen molar-refractivity contribution in [3.05, 3.63) is 59.7 Å². The Bertz CT molecular complexity index is 1290. The summed E-state index contributed by atoms with van der Waals surface area (Å²) in [5.74, 6) is 0.658. The number of nitrogens with zero attached hydrogens (tertiary/aromatic N) is 2. The van der Waals surface area contributed by atoms with E-state index in [2.05, 4.69) is 50.9 Å². The lowest BCUT2D eigenvalue weighted by Crippen LogP contribution is -2.33. The zero-order chi connectivity index (χ0) is 35.6. The largest absolute Gasteiger partial charge is 0.484 e. The van der Waals surface area contributed by atoms with Crippen LogP contribution in [0.2, 0.25) is 0 Å². The fourth-order valence-electron chi connectivity index (χ4n) is 3.42. The van der Waals surface area contributed by atoms with Gasteiger partial charge in [-0.05, 0) is 79.8 Å². The molecular formula is C34H51N7O7. The van der Waals surface area contributed by atoms with Gasteiger partial charge in [-0.3, -0.25) is 4.79 Å². The van der Waals surface area contributed by atoms with Crippen LogP contribution in [-0.2, 0) is 22.4 Å². The molecule has 2 aromatic carbocycles. The molecule has 0 aromatic heterocycles. The Morgan fingerprint density at radius 3 is 1.48 bits per heavy atom. The molecule has 0 aliphatic rings. The third-order valence-corrected chi connectivity index (χ3v) is 6.63. The first-order valence-corrected chi connectivity index (χ1v) is 16.1. The second-order valence-electron chi connectivity index (χ2n) is 10.8. The van der Waals surface area contributed by atoms with Gasteiger partial charge in [-0.15, -0.1) is 0 Å². The molecular weight excluding hydrogens is 618 g/mol. The number of rotatable bonds is 19. The molecule has 14 nitrogen and oxygen atoms in total. The van der Waals surface area contributed by atoms with E-state index >= 15 is 0 Å². The zero-order valence-electron chi connectivity index (χ0n) is 28.6. The number of hydrogen-bond acceptors (Lipinski definition) is 8. The van der Waals surface area contributed by atoms with E-state index in [1.165, 1.54) is 0 Å². The molecule has 2 unspecified atom stereocenters. The third-order valence-electron chi connectivity index (χ3n) is 6.63. The van der Waals surface area contributed by atoms with Gasteiger partial charge in [-0.25, -0.2) is 25.2 Å². The average molecular weight is 670 g/mol. The first-order chi connectivity index (χ1) is 23.1. The van der Waals surface area contributed by atoms with Crippen molar-refractivity contribution in [2.24, 2.45) is 22.0 Å². The lowest BCUT2D eigenvalue weighted by molar-refractivity contribution is -0.139. The van der Waals surface area contributed by atoms with Crippen LogP contribution in [0.15, 0.2) is 58.7 Å². The number of carboxylic acids is 1. The van der Waals surface area contributed by atoms with Gasteiger partial charge in [0.15, 0.2) is 13.2 Å². The van der Waals surface area contributed by atoms with Crippen molar-refractivity contribution in [3.8, 4) is 11.5 Å². The maximum Gasteiger partial charge on any atom is 0.341 e. The van der Waals surface area contributed by atoms with Crippen molar-refractivity contribution in [2.75, 3.05) is 32.8 Å². The summed E-state index contributed by atoms with van der Waals surface area (Å²) in [5, 5.41) is 24.4. The number of carbonyl (C=O) groups excluding carboxylic acids is 3. The summed E-state index contributed by atoms with van der Waals surface area (Å²) < 4.78 is 10.4. The van der Waals surface area contributed by atoms with Gasteiger partial charge in [0.05, 0.1) is 0 Å². The molecule has 5 amide bonds. The first-order valence-electron chi connectivity index (χ1n) is 16.1. The Morgan fingerprint density at radius 1 is 0.688 bits per heavy atom. The summed E-state index contributed by atoms with van der Waals surface area (Å²) in [5.41, 5.74) is 6.93. The van der Waals surface area contributed by atoms with Crippen LogP contribution in [-0.4, -0.2) is 74.3 Å². The first kappa shape index (κ1) is 40.9. The third kappa shape index (κ3) is 20.8. The smallest absolute Gasteiger partial charge is 0.341 e. The molecule has 0 aliphatic carbocycles. The molecule has 0 bridgehead atoms. The van der Waals surface area contributed by atoms with Crippen LogP contribution in [0.5, 0.6) is 11.5 Å². The van der Waals surface area contributed by atoms with Gasteiger partial charge in [0, 0.05) is 32.1 Å². The molecule has 0 aliphatic heterocycles. The minimum absolute atomic E-state index is 0.00603. The number of aliphatic carboxylic acids is 1. The predicted octanol–water partition coefficient (Wildman–Crippen LogP) is 4.10. The summed E-state index contributed by atoms with van der Waals surface area (Å²) in [6.45, 7) is 11.2. The van der Waals surface area contributed by atoms with Gasteiger partial charge in [0.25, 0.3) is 5.91 Å². The van der Waals surface area contributed by atoms with Gasteiger partial charge in [0.1, 0.15) is 11.5 Å². The van der Waals surface area contributed by atoms with Crippen molar-refractivity contribution < 1.29 is 33.8 Å². The number of benzene rings is 2. The normalized spacial score (nSPS) is 11.9. The van der Waals surface area contributed by atoms with Crippen molar-refractivity contribution >= 4 is 36.4 Å². The standard InChI is InChI=1S/C18H28N4O3.C16H23N3O4/c1-4-14(3)12-21-22-18(24)20-11-10-15-6-8-16(9-7-15)25-13-17(23)19-5-2;1-3-12(2)10-18-19-16(22)17-9-8-13-4-6-14(7-5-13)23-11-15(20)21/h6-9,12,14H,4-5,10-11,13H2,1-3H3,(H,19,23)(H2,20,22,24);4-7,10,12H,3,8-9,11H2,1-2H3,(H,20,21)(H2,17,19,22)/b21-12-;18-10-. The monoisotopic (exact) mass is 669 g/mol. The highest BCUT2D eigenvalue weighted by atomic mass is 16.5. The van der Waals surface area contributed by atoms with Gasteiger partial charge in [-0.2, -0.15) is 10.2 Å².